The normalized spacial score (nSPS) is 12.9. The number of ether oxygens (including phenoxy) is 2. The van der Waals surface area contributed by atoms with Crippen LogP contribution in [0.5, 0.6) is 0 Å². The van der Waals surface area contributed by atoms with E-state index in [9.17, 15) is 4.79 Å². The Balaban J connectivity index is 2.16. The fourth-order valence-electron chi connectivity index (χ4n) is 2.70. The van der Waals surface area contributed by atoms with E-state index < -0.39 is 11.7 Å². The van der Waals surface area contributed by atoms with Gasteiger partial charge in [-0.3, -0.25) is 4.90 Å². The number of fused-ring (bicyclic) bond motifs is 1. The van der Waals surface area contributed by atoms with E-state index in [0.717, 1.165) is 4.88 Å². The van der Waals surface area contributed by atoms with Gasteiger partial charge in [0.05, 0.1) is 16.7 Å². The van der Waals surface area contributed by atoms with E-state index in [1.54, 1.807) is 24.5 Å². The molecule has 6 nitrogen and oxygen atoms in total. The molecule has 0 bridgehead atoms. The van der Waals surface area contributed by atoms with Gasteiger partial charge in [0.1, 0.15) is 28.1 Å². The molecule has 29 heavy (non-hydrogen) atoms. The highest BCUT2D eigenvalue weighted by Gasteiger charge is 2.29. The Labute approximate surface area is 186 Å². The number of hydrogen-bond donors (Lipinski definition) is 0. The number of amides is 1. The van der Waals surface area contributed by atoms with Gasteiger partial charge in [-0.15, -0.1) is 11.3 Å². The highest BCUT2D eigenvalue weighted by molar-refractivity contribution is 9.10. The van der Waals surface area contributed by atoms with Gasteiger partial charge in [-0.1, -0.05) is 17.7 Å². The highest BCUT2D eigenvalue weighted by atomic mass is 79.9. The summed E-state index contributed by atoms with van der Waals surface area (Å²) in [5.41, 5.74) is 0.784. The third kappa shape index (κ3) is 4.94. The summed E-state index contributed by atoms with van der Waals surface area (Å²) >= 11 is 11.4. The van der Waals surface area contributed by atoms with Crippen molar-refractivity contribution in [3.63, 3.8) is 0 Å². The maximum absolute atomic E-state index is 13.1. The zero-order valence-electron chi connectivity index (χ0n) is 16.8. The Morgan fingerprint density at radius 1 is 1.45 bits per heavy atom. The largest absolute Gasteiger partial charge is 0.453 e. The molecule has 0 aromatic carbocycles. The van der Waals surface area contributed by atoms with Crippen molar-refractivity contribution in [3.8, 4) is 0 Å². The van der Waals surface area contributed by atoms with Crippen molar-refractivity contribution in [2.75, 3.05) is 12.0 Å². The van der Waals surface area contributed by atoms with Gasteiger partial charge in [0.15, 0.2) is 5.58 Å². The molecule has 0 radical (unpaired) electrons. The van der Waals surface area contributed by atoms with Crippen molar-refractivity contribution < 1.29 is 18.7 Å². The number of furan rings is 1. The number of carbonyl (C=O) groups excluding carboxylic acids is 1. The Bertz CT molecular complexity index is 1010. The number of thiophene rings is 1. The molecule has 3 aromatic heterocycles. The van der Waals surface area contributed by atoms with Gasteiger partial charge in [-0.2, -0.15) is 0 Å². The van der Waals surface area contributed by atoms with Crippen LogP contribution in [0.15, 0.2) is 32.5 Å². The molecular formula is C20H22BrClN2O4S. The lowest BCUT2D eigenvalue weighted by Gasteiger charge is -2.27. The van der Waals surface area contributed by atoms with Gasteiger partial charge in [0.25, 0.3) is 0 Å². The minimum atomic E-state index is -0.653. The van der Waals surface area contributed by atoms with Gasteiger partial charge < -0.3 is 13.9 Å². The van der Waals surface area contributed by atoms with Crippen LogP contribution in [0.2, 0.25) is 5.15 Å². The van der Waals surface area contributed by atoms with Crippen LogP contribution in [-0.4, -0.2) is 23.8 Å². The molecule has 9 heteroatoms. The van der Waals surface area contributed by atoms with E-state index in [-0.39, 0.29) is 11.3 Å². The van der Waals surface area contributed by atoms with Crippen molar-refractivity contribution in [3.05, 3.63) is 43.8 Å². The summed E-state index contributed by atoms with van der Waals surface area (Å²) in [4.78, 5) is 20.0. The molecule has 156 valence electrons. The lowest BCUT2D eigenvalue weighted by Crippen LogP contribution is -2.36. The number of pyridine rings is 1. The van der Waals surface area contributed by atoms with E-state index in [4.69, 9.17) is 25.5 Å². The van der Waals surface area contributed by atoms with E-state index in [2.05, 4.69) is 20.9 Å². The van der Waals surface area contributed by atoms with E-state index in [1.165, 1.54) is 4.90 Å². The molecule has 0 N–H and O–H groups in total. The van der Waals surface area contributed by atoms with E-state index in [1.807, 2.05) is 45.2 Å². The van der Waals surface area contributed by atoms with Crippen LogP contribution < -0.4 is 4.90 Å². The van der Waals surface area contributed by atoms with Crippen LogP contribution in [0, 0.1) is 0 Å². The molecule has 0 aliphatic rings. The second kappa shape index (κ2) is 8.63. The summed E-state index contributed by atoms with van der Waals surface area (Å²) in [6.07, 6.45) is -0.805. The highest BCUT2D eigenvalue weighted by Crippen LogP contribution is 2.40. The summed E-state index contributed by atoms with van der Waals surface area (Å²) in [6.45, 7) is 7.65. The predicted molar refractivity (Wildman–Crippen MR) is 119 cm³/mol. The van der Waals surface area contributed by atoms with Gasteiger partial charge in [-0.25, -0.2) is 9.78 Å². The van der Waals surface area contributed by atoms with Crippen molar-refractivity contribution >= 4 is 61.7 Å². The van der Waals surface area contributed by atoms with Crippen LogP contribution in [0.3, 0.4) is 0 Å². The van der Waals surface area contributed by atoms with Crippen molar-refractivity contribution in [1.29, 1.82) is 0 Å². The summed E-state index contributed by atoms with van der Waals surface area (Å²) in [5, 5.41) is 2.20. The van der Waals surface area contributed by atoms with Crippen LogP contribution in [0.25, 0.3) is 11.1 Å². The number of hydrogen-bond acceptors (Lipinski definition) is 6. The molecule has 0 aliphatic heterocycles. The first-order valence-electron chi connectivity index (χ1n) is 8.95. The lowest BCUT2D eigenvalue weighted by atomic mass is 10.2. The predicted octanol–water partition coefficient (Wildman–Crippen LogP) is 6.95. The van der Waals surface area contributed by atoms with E-state index in [0.29, 0.717) is 33.6 Å². The summed E-state index contributed by atoms with van der Waals surface area (Å²) in [6, 6.07) is 5.50. The fraction of sp³-hybridized carbons (Fsp3) is 0.400. The number of halogens is 2. The van der Waals surface area contributed by atoms with Crippen LogP contribution in [0.1, 0.15) is 44.4 Å². The zero-order valence-corrected chi connectivity index (χ0v) is 19.9. The number of aromatic nitrogens is 1. The molecule has 0 saturated carbocycles. The molecule has 0 fully saturated rings. The average Bonchev–Trinajstić information content (AvgIpc) is 3.25. The lowest BCUT2D eigenvalue weighted by molar-refractivity contribution is 0.0578. The number of nitrogens with zero attached hydrogens (tertiary/aromatic N) is 2. The van der Waals surface area contributed by atoms with E-state index >= 15 is 0 Å². The first-order valence-corrected chi connectivity index (χ1v) is 11.0. The third-order valence-corrected chi connectivity index (χ3v) is 5.90. The molecule has 1 atom stereocenters. The molecule has 1 amide bonds. The van der Waals surface area contributed by atoms with Crippen molar-refractivity contribution in [2.45, 2.75) is 45.9 Å². The Morgan fingerprint density at radius 2 is 2.17 bits per heavy atom. The van der Waals surface area contributed by atoms with Gasteiger partial charge in [-0.05, 0) is 55.1 Å². The second-order valence-corrected chi connectivity index (χ2v) is 9.66. The maximum atomic E-state index is 13.1. The Hall–Kier alpha value is -1.61. The molecular weight excluding hydrogens is 480 g/mol. The van der Waals surface area contributed by atoms with Gasteiger partial charge >= 0.3 is 6.09 Å². The minimum Gasteiger partial charge on any atom is -0.453 e. The minimum absolute atomic E-state index is 0.241. The van der Waals surface area contributed by atoms with Crippen LogP contribution in [-0.2, 0) is 16.0 Å². The number of carbonyl (C=O) groups is 1. The first-order chi connectivity index (χ1) is 13.6. The Kier molecular flexibility index (Phi) is 6.57. The maximum Gasteiger partial charge on any atom is 0.415 e. The Morgan fingerprint density at radius 3 is 2.76 bits per heavy atom. The molecule has 0 saturated heterocycles. The summed E-state index contributed by atoms with van der Waals surface area (Å²) in [5.74, 6) is 0.568. The second-order valence-electron chi connectivity index (χ2n) is 7.45. The van der Waals surface area contributed by atoms with Gasteiger partial charge in [0, 0.05) is 18.1 Å². The van der Waals surface area contributed by atoms with Crippen molar-refractivity contribution in [1.82, 2.24) is 4.98 Å². The number of anilines is 1. The molecule has 3 rings (SSSR count). The standard InChI is InChI=1S/C20H22BrClN2O4S/c1-11(26-5)17-15(21)16-18(27-17)13(9-14(22)23-16)24(10-12-7-6-8-29-12)19(25)28-20(2,3)4/h6-9,11H,10H2,1-5H3. The number of methoxy groups -OCH3 is 1. The van der Waals surface area contributed by atoms with Gasteiger partial charge in [0.2, 0.25) is 0 Å². The number of rotatable bonds is 5. The SMILES string of the molecule is COC(C)c1oc2c(N(Cc3cccs3)C(=O)OC(C)(C)C)cc(Cl)nc2c1Br. The van der Waals surface area contributed by atoms with Crippen LogP contribution >= 0.6 is 38.9 Å². The zero-order chi connectivity index (χ0) is 21.3. The quantitative estimate of drug-likeness (QED) is 0.354. The monoisotopic (exact) mass is 500 g/mol. The fourth-order valence-corrected chi connectivity index (χ4v) is 4.26. The summed E-state index contributed by atoms with van der Waals surface area (Å²) < 4.78 is 17.8. The smallest absolute Gasteiger partial charge is 0.415 e. The van der Waals surface area contributed by atoms with Crippen LogP contribution in [0.4, 0.5) is 10.5 Å². The molecule has 3 heterocycles. The topological polar surface area (TPSA) is 64.8 Å². The molecule has 0 spiro atoms. The molecule has 1 unspecified atom stereocenters. The van der Waals surface area contributed by atoms with Crippen molar-refractivity contribution in [2.24, 2.45) is 0 Å². The average molecular weight is 502 g/mol. The third-order valence-electron chi connectivity index (χ3n) is 4.08. The summed E-state index contributed by atoms with van der Waals surface area (Å²) in [7, 11) is 1.59. The first kappa shape index (κ1) is 22.1. The molecule has 0 aliphatic carbocycles. The molecule has 3 aromatic rings.